The fourth-order valence-corrected chi connectivity index (χ4v) is 2.98. The minimum Gasteiger partial charge on any atom is -0.463 e. The number of nitrogens with zero attached hydrogens (tertiary/aromatic N) is 2. The highest BCUT2D eigenvalue weighted by Crippen LogP contribution is 2.36. The SMILES string of the molecule is COC(=O)c1occc1CSc1nc(C)cc(C(F)(F)F)c1C#N. The molecule has 2 aromatic heterocycles. The van der Waals surface area contributed by atoms with E-state index >= 15 is 0 Å². The third-order valence-corrected chi connectivity index (χ3v) is 4.04. The van der Waals surface area contributed by atoms with Gasteiger partial charge in [0.25, 0.3) is 0 Å². The van der Waals surface area contributed by atoms with Gasteiger partial charge in [0, 0.05) is 17.0 Å². The van der Waals surface area contributed by atoms with Crippen molar-refractivity contribution < 1.29 is 27.1 Å². The van der Waals surface area contributed by atoms with E-state index in [0.717, 1.165) is 17.8 Å². The summed E-state index contributed by atoms with van der Waals surface area (Å²) >= 11 is 0.914. The summed E-state index contributed by atoms with van der Waals surface area (Å²) in [6.07, 6.45) is -3.38. The average Bonchev–Trinajstić information content (AvgIpc) is 2.99. The first-order valence-corrected chi connectivity index (χ1v) is 7.53. The van der Waals surface area contributed by atoms with Crippen LogP contribution in [0.25, 0.3) is 0 Å². The Morgan fingerprint density at radius 3 is 2.79 bits per heavy atom. The number of carbonyl (C=O) groups is 1. The van der Waals surface area contributed by atoms with Gasteiger partial charge >= 0.3 is 12.1 Å². The molecule has 0 radical (unpaired) electrons. The van der Waals surface area contributed by atoms with Crippen LogP contribution in [0.5, 0.6) is 0 Å². The molecule has 9 heteroatoms. The van der Waals surface area contributed by atoms with Gasteiger partial charge in [-0.2, -0.15) is 18.4 Å². The van der Waals surface area contributed by atoms with Crippen LogP contribution in [0.15, 0.2) is 27.8 Å². The Morgan fingerprint density at radius 2 is 2.21 bits per heavy atom. The molecule has 2 aromatic rings. The van der Waals surface area contributed by atoms with E-state index in [0.29, 0.717) is 5.56 Å². The summed E-state index contributed by atoms with van der Waals surface area (Å²) in [7, 11) is 1.19. The summed E-state index contributed by atoms with van der Waals surface area (Å²) in [5.41, 5.74) is -0.988. The lowest BCUT2D eigenvalue weighted by molar-refractivity contribution is -0.138. The lowest BCUT2D eigenvalue weighted by atomic mass is 10.1. The van der Waals surface area contributed by atoms with Gasteiger partial charge in [0.1, 0.15) is 11.1 Å². The van der Waals surface area contributed by atoms with E-state index in [9.17, 15) is 18.0 Å². The Morgan fingerprint density at radius 1 is 1.50 bits per heavy atom. The number of hydrogen-bond acceptors (Lipinski definition) is 6. The van der Waals surface area contributed by atoms with Crippen LogP contribution in [0.3, 0.4) is 0 Å². The molecule has 2 heterocycles. The molecular weight excluding hydrogens is 345 g/mol. The van der Waals surface area contributed by atoms with Crippen LogP contribution in [-0.4, -0.2) is 18.1 Å². The predicted octanol–water partition coefficient (Wildman–Crippen LogP) is 3.95. The largest absolute Gasteiger partial charge is 0.463 e. The van der Waals surface area contributed by atoms with Crippen molar-refractivity contribution in [2.45, 2.75) is 23.9 Å². The zero-order chi connectivity index (χ0) is 17.9. The minimum absolute atomic E-state index is 0.0350. The van der Waals surface area contributed by atoms with Crippen molar-refractivity contribution in [3.8, 4) is 6.07 Å². The van der Waals surface area contributed by atoms with Crippen molar-refractivity contribution in [1.29, 1.82) is 5.26 Å². The molecule has 24 heavy (non-hydrogen) atoms. The second-order valence-electron chi connectivity index (χ2n) is 4.66. The number of carbonyl (C=O) groups excluding carboxylic acids is 1. The van der Waals surface area contributed by atoms with Gasteiger partial charge in [-0.15, -0.1) is 11.8 Å². The van der Waals surface area contributed by atoms with Crippen molar-refractivity contribution in [3.05, 3.63) is 46.5 Å². The van der Waals surface area contributed by atoms with E-state index < -0.39 is 23.3 Å². The molecule has 2 rings (SSSR count). The second kappa shape index (κ2) is 6.97. The van der Waals surface area contributed by atoms with Crippen molar-refractivity contribution >= 4 is 17.7 Å². The number of hydrogen-bond donors (Lipinski definition) is 0. The number of pyridine rings is 1. The van der Waals surface area contributed by atoms with Gasteiger partial charge in [-0.25, -0.2) is 9.78 Å². The number of aromatic nitrogens is 1. The van der Waals surface area contributed by atoms with Crippen molar-refractivity contribution in [1.82, 2.24) is 4.98 Å². The van der Waals surface area contributed by atoms with Crippen LogP contribution in [0, 0.1) is 18.3 Å². The Hall–Kier alpha value is -2.47. The average molecular weight is 356 g/mol. The van der Waals surface area contributed by atoms with Crippen LogP contribution in [-0.2, 0) is 16.7 Å². The summed E-state index contributed by atoms with van der Waals surface area (Å²) in [6.45, 7) is 1.41. The smallest absolute Gasteiger partial charge is 0.417 e. The number of aryl methyl sites for hydroxylation is 1. The number of rotatable bonds is 4. The summed E-state index contributed by atoms with van der Waals surface area (Å²) in [5, 5.41) is 9.04. The van der Waals surface area contributed by atoms with Gasteiger partial charge in [0.2, 0.25) is 5.76 Å². The van der Waals surface area contributed by atoms with E-state index in [2.05, 4.69) is 9.72 Å². The molecule has 0 bridgehead atoms. The van der Waals surface area contributed by atoms with Gasteiger partial charge < -0.3 is 9.15 Å². The summed E-state index contributed by atoms with van der Waals surface area (Å²) in [6, 6.07) is 3.90. The molecule has 0 saturated carbocycles. The molecule has 0 aromatic carbocycles. The zero-order valence-corrected chi connectivity index (χ0v) is 13.4. The highest BCUT2D eigenvalue weighted by atomic mass is 32.2. The predicted molar refractivity (Wildman–Crippen MR) is 78.3 cm³/mol. The Bertz CT molecular complexity index is 809. The number of ether oxygens (including phenoxy) is 1. The van der Waals surface area contributed by atoms with E-state index in [1.807, 2.05) is 0 Å². The second-order valence-corrected chi connectivity index (χ2v) is 5.62. The maximum atomic E-state index is 13.1. The summed E-state index contributed by atoms with van der Waals surface area (Å²) in [5.74, 6) is -0.625. The lowest BCUT2D eigenvalue weighted by Gasteiger charge is -2.12. The first-order valence-electron chi connectivity index (χ1n) is 6.54. The fourth-order valence-electron chi connectivity index (χ4n) is 1.95. The van der Waals surface area contributed by atoms with E-state index in [1.54, 1.807) is 6.07 Å². The summed E-state index contributed by atoms with van der Waals surface area (Å²) < 4.78 is 48.7. The number of furan rings is 1. The monoisotopic (exact) mass is 356 g/mol. The topological polar surface area (TPSA) is 76.1 Å². The number of halogens is 3. The fraction of sp³-hybridized carbons (Fsp3) is 0.267. The van der Waals surface area contributed by atoms with Crippen molar-refractivity contribution in [3.63, 3.8) is 0 Å². The summed E-state index contributed by atoms with van der Waals surface area (Å²) in [4.78, 5) is 15.5. The molecule has 0 aliphatic heterocycles. The first kappa shape index (κ1) is 17.9. The van der Waals surface area contributed by atoms with Gasteiger partial charge in [0.05, 0.1) is 24.5 Å². The molecule has 0 amide bonds. The van der Waals surface area contributed by atoms with Gasteiger partial charge in [-0.3, -0.25) is 0 Å². The Labute approximate surface area is 139 Å². The number of alkyl halides is 3. The molecule has 5 nitrogen and oxygen atoms in total. The van der Waals surface area contributed by atoms with Crippen LogP contribution in [0.2, 0.25) is 0 Å². The maximum absolute atomic E-state index is 13.1. The van der Waals surface area contributed by atoms with Gasteiger partial charge in [0.15, 0.2) is 0 Å². The molecule has 0 spiro atoms. The molecule has 126 valence electrons. The molecule has 0 unspecified atom stereocenters. The first-order chi connectivity index (χ1) is 11.3. The Balaban J connectivity index is 2.35. The van der Waals surface area contributed by atoms with Crippen molar-refractivity contribution in [2.75, 3.05) is 7.11 Å². The molecule has 0 atom stereocenters. The standard InChI is InChI=1S/C15H11F3N2O3S/c1-8-5-11(15(16,17)18)10(6-19)13(20-8)24-7-9-3-4-23-12(9)14(21)22-2/h3-5H,7H2,1-2H3. The van der Waals surface area contributed by atoms with Crippen molar-refractivity contribution in [2.24, 2.45) is 0 Å². The quantitative estimate of drug-likeness (QED) is 0.610. The van der Waals surface area contributed by atoms with Crippen LogP contribution in [0.4, 0.5) is 13.2 Å². The molecule has 0 aliphatic carbocycles. The highest BCUT2D eigenvalue weighted by molar-refractivity contribution is 7.98. The minimum atomic E-state index is -4.65. The highest BCUT2D eigenvalue weighted by Gasteiger charge is 2.35. The zero-order valence-electron chi connectivity index (χ0n) is 12.6. The van der Waals surface area contributed by atoms with E-state index in [1.165, 1.54) is 26.4 Å². The molecule has 0 fully saturated rings. The number of nitriles is 1. The van der Waals surface area contributed by atoms with Crippen LogP contribution in [0.1, 0.15) is 32.9 Å². The Kier molecular flexibility index (Phi) is 5.19. The van der Waals surface area contributed by atoms with Crippen LogP contribution >= 0.6 is 11.8 Å². The van der Waals surface area contributed by atoms with E-state index in [-0.39, 0.29) is 22.2 Å². The number of thioether (sulfide) groups is 1. The lowest BCUT2D eigenvalue weighted by Crippen LogP contribution is -2.10. The molecule has 0 aliphatic rings. The number of esters is 1. The van der Waals surface area contributed by atoms with Gasteiger partial charge in [-0.1, -0.05) is 0 Å². The molecule has 0 saturated heterocycles. The normalized spacial score (nSPS) is 11.2. The van der Waals surface area contributed by atoms with E-state index in [4.69, 9.17) is 9.68 Å². The van der Waals surface area contributed by atoms with Crippen LogP contribution < -0.4 is 0 Å². The molecule has 0 N–H and O–H groups in total. The molecular formula is C15H11F3N2O3S. The van der Waals surface area contributed by atoms with Gasteiger partial charge in [-0.05, 0) is 19.1 Å². The maximum Gasteiger partial charge on any atom is 0.417 e. The third kappa shape index (κ3) is 3.71. The third-order valence-electron chi connectivity index (χ3n) is 3.01. The number of methoxy groups -OCH3 is 1.